The van der Waals surface area contributed by atoms with E-state index in [1.165, 1.54) is 10.5 Å². The van der Waals surface area contributed by atoms with Crippen molar-refractivity contribution in [2.45, 2.75) is 30.2 Å². The number of aromatic amines is 1. The Morgan fingerprint density at radius 3 is 3.25 bits per heavy atom. The van der Waals surface area contributed by atoms with E-state index in [9.17, 15) is 0 Å². The van der Waals surface area contributed by atoms with E-state index in [4.69, 9.17) is 11.6 Å². The molecule has 20 heavy (non-hydrogen) atoms. The molecular formula is C14H17ClN4S. The Hall–Kier alpha value is -1.04. The third kappa shape index (κ3) is 3.34. The molecule has 2 heterocycles. The Morgan fingerprint density at radius 2 is 2.40 bits per heavy atom. The normalized spacial score (nSPS) is 17.9. The van der Waals surface area contributed by atoms with Gasteiger partial charge in [-0.2, -0.15) is 5.10 Å². The molecule has 1 atom stereocenters. The van der Waals surface area contributed by atoms with E-state index in [0.29, 0.717) is 6.04 Å². The van der Waals surface area contributed by atoms with Crippen molar-refractivity contribution in [2.24, 2.45) is 0 Å². The van der Waals surface area contributed by atoms with E-state index in [2.05, 4.69) is 32.6 Å². The third-order valence-corrected chi connectivity index (χ3v) is 4.82. The Labute approximate surface area is 127 Å². The fraction of sp³-hybridized carbons (Fsp3) is 0.429. The van der Waals surface area contributed by atoms with Crippen LogP contribution in [0.15, 0.2) is 29.4 Å². The maximum atomic E-state index is 6.11. The largest absolute Gasteiger partial charge is 0.310 e. The van der Waals surface area contributed by atoms with Gasteiger partial charge in [0.2, 0.25) is 0 Å². The average Bonchev–Trinajstić information content (AvgIpc) is 2.97. The van der Waals surface area contributed by atoms with E-state index in [0.717, 1.165) is 42.4 Å². The standard InChI is InChI=1S/C14H17ClN4S/c15-10-3-4-13-11(8-10)12(5-7-20-13)16-6-1-2-14-17-9-18-19-14/h3-4,8-9,12,16H,1-2,5-7H2,(H,17,18,19). The first-order chi connectivity index (χ1) is 9.83. The van der Waals surface area contributed by atoms with Crippen LogP contribution in [0.1, 0.15) is 30.3 Å². The fourth-order valence-electron chi connectivity index (χ4n) is 2.46. The number of thioether (sulfide) groups is 1. The summed E-state index contributed by atoms with van der Waals surface area (Å²) in [6.45, 7) is 0.974. The molecule has 1 aliphatic rings. The van der Waals surface area contributed by atoms with Gasteiger partial charge in [0.05, 0.1) is 0 Å². The number of nitrogens with one attached hydrogen (secondary N) is 2. The Kier molecular flexibility index (Phi) is 4.60. The van der Waals surface area contributed by atoms with Crippen molar-refractivity contribution in [2.75, 3.05) is 12.3 Å². The molecule has 0 saturated heterocycles. The van der Waals surface area contributed by atoms with Gasteiger partial charge in [0, 0.05) is 22.4 Å². The summed E-state index contributed by atoms with van der Waals surface area (Å²) in [7, 11) is 0. The van der Waals surface area contributed by atoms with Crippen LogP contribution in [0, 0.1) is 0 Å². The lowest BCUT2D eigenvalue weighted by atomic mass is 10.0. The second kappa shape index (κ2) is 6.61. The Balaban J connectivity index is 1.55. The zero-order valence-electron chi connectivity index (χ0n) is 11.1. The minimum Gasteiger partial charge on any atom is -0.310 e. The first-order valence-electron chi connectivity index (χ1n) is 6.83. The molecule has 4 nitrogen and oxygen atoms in total. The number of hydrogen-bond acceptors (Lipinski definition) is 4. The minimum absolute atomic E-state index is 0.416. The monoisotopic (exact) mass is 308 g/mol. The zero-order valence-corrected chi connectivity index (χ0v) is 12.7. The number of aromatic nitrogens is 3. The van der Waals surface area contributed by atoms with Gasteiger partial charge in [0.25, 0.3) is 0 Å². The molecule has 2 aromatic rings. The van der Waals surface area contributed by atoms with Crippen LogP contribution in [0.4, 0.5) is 0 Å². The number of rotatable bonds is 5. The summed E-state index contributed by atoms with van der Waals surface area (Å²) < 4.78 is 0. The minimum atomic E-state index is 0.416. The number of aryl methyl sites for hydroxylation is 1. The van der Waals surface area contributed by atoms with Crippen molar-refractivity contribution in [3.8, 4) is 0 Å². The average molecular weight is 309 g/mol. The summed E-state index contributed by atoms with van der Waals surface area (Å²) in [5, 5.41) is 11.2. The van der Waals surface area contributed by atoms with Gasteiger partial charge in [0.1, 0.15) is 12.2 Å². The summed E-state index contributed by atoms with van der Waals surface area (Å²) in [5.74, 6) is 2.11. The van der Waals surface area contributed by atoms with Gasteiger partial charge >= 0.3 is 0 Å². The highest BCUT2D eigenvalue weighted by Gasteiger charge is 2.20. The molecule has 3 rings (SSSR count). The van der Waals surface area contributed by atoms with Gasteiger partial charge in [0.15, 0.2) is 0 Å². The second-order valence-corrected chi connectivity index (χ2v) is 6.43. The topological polar surface area (TPSA) is 53.6 Å². The molecule has 1 aromatic heterocycles. The summed E-state index contributed by atoms with van der Waals surface area (Å²) in [6.07, 6.45) is 4.69. The predicted molar refractivity (Wildman–Crippen MR) is 82.2 cm³/mol. The Bertz CT molecular complexity index is 558. The first-order valence-corrected chi connectivity index (χ1v) is 8.19. The van der Waals surface area contributed by atoms with Gasteiger partial charge in [-0.25, -0.2) is 4.98 Å². The summed E-state index contributed by atoms with van der Waals surface area (Å²) >= 11 is 8.03. The van der Waals surface area contributed by atoms with Crippen molar-refractivity contribution in [3.05, 3.63) is 40.9 Å². The highest BCUT2D eigenvalue weighted by atomic mass is 35.5. The molecule has 0 spiro atoms. The van der Waals surface area contributed by atoms with Crippen LogP contribution in [0.5, 0.6) is 0 Å². The number of halogens is 1. The van der Waals surface area contributed by atoms with Crippen molar-refractivity contribution >= 4 is 23.4 Å². The van der Waals surface area contributed by atoms with Gasteiger partial charge in [-0.15, -0.1) is 11.8 Å². The zero-order chi connectivity index (χ0) is 13.8. The Morgan fingerprint density at radius 1 is 1.45 bits per heavy atom. The smallest absolute Gasteiger partial charge is 0.137 e. The van der Waals surface area contributed by atoms with Crippen LogP contribution < -0.4 is 5.32 Å². The van der Waals surface area contributed by atoms with Crippen LogP contribution in [0.2, 0.25) is 5.02 Å². The van der Waals surface area contributed by atoms with Gasteiger partial charge in [-0.3, -0.25) is 5.10 Å². The van der Waals surface area contributed by atoms with Gasteiger partial charge in [-0.05, 0) is 48.9 Å². The molecule has 106 valence electrons. The van der Waals surface area contributed by atoms with E-state index in [1.807, 2.05) is 17.8 Å². The molecule has 0 amide bonds. The van der Waals surface area contributed by atoms with E-state index >= 15 is 0 Å². The van der Waals surface area contributed by atoms with Crippen LogP contribution >= 0.6 is 23.4 Å². The van der Waals surface area contributed by atoms with E-state index < -0.39 is 0 Å². The predicted octanol–water partition coefficient (Wildman–Crippen LogP) is 3.22. The van der Waals surface area contributed by atoms with Crippen LogP contribution in [0.25, 0.3) is 0 Å². The molecular weight excluding hydrogens is 292 g/mol. The van der Waals surface area contributed by atoms with Crippen molar-refractivity contribution in [1.29, 1.82) is 0 Å². The number of H-pyrrole nitrogens is 1. The summed E-state index contributed by atoms with van der Waals surface area (Å²) in [5.41, 5.74) is 1.34. The second-order valence-electron chi connectivity index (χ2n) is 4.86. The number of hydrogen-bond donors (Lipinski definition) is 2. The first kappa shape index (κ1) is 13.9. The highest BCUT2D eigenvalue weighted by Crippen LogP contribution is 2.37. The molecule has 0 bridgehead atoms. The molecule has 1 aliphatic heterocycles. The lowest BCUT2D eigenvalue weighted by Gasteiger charge is -2.26. The van der Waals surface area contributed by atoms with E-state index in [-0.39, 0.29) is 0 Å². The maximum Gasteiger partial charge on any atom is 0.137 e. The summed E-state index contributed by atoms with van der Waals surface area (Å²) in [4.78, 5) is 5.49. The molecule has 6 heteroatoms. The summed E-state index contributed by atoms with van der Waals surface area (Å²) in [6, 6.07) is 6.61. The van der Waals surface area contributed by atoms with E-state index in [1.54, 1.807) is 6.33 Å². The van der Waals surface area contributed by atoms with Crippen LogP contribution in [-0.4, -0.2) is 27.5 Å². The van der Waals surface area contributed by atoms with Crippen molar-refractivity contribution in [1.82, 2.24) is 20.5 Å². The number of fused-ring (bicyclic) bond motifs is 1. The molecule has 2 N–H and O–H groups in total. The van der Waals surface area contributed by atoms with Crippen molar-refractivity contribution < 1.29 is 0 Å². The SMILES string of the molecule is Clc1ccc2c(c1)C(NCCCc1ncn[nH]1)CCS2. The lowest BCUT2D eigenvalue weighted by Crippen LogP contribution is -2.25. The maximum absolute atomic E-state index is 6.11. The molecule has 0 saturated carbocycles. The van der Waals surface area contributed by atoms with Crippen molar-refractivity contribution in [3.63, 3.8) is 0 Å². The van der Waals surface area contributed by atoms with Gasteiger partial charge < -0.3 is 5.32 Å². The quantitative estimate of drug-likeness (QED) is 0.833. The number of benzene rings is 1. The van der Waals surface area contributed by atoms with Crippen LogP contribution in [-0.2, 0) is 6.42 Å². The third-order valence-electron chi connectivity index (χ3n) is 3.46. The molecule has 1 aromatic carbocycles. The fourth-order valence-corrected chi connectivity index (χ4v) is 3.75. The molecule has 0 radical (unpaired) electrons. The molecule has 0 fully saturated rings. The lowest BCUT2D eigenvalue weighted by molar-refractivity contribution is 0.500. The van der Waals surface area contributed by atoms with Crippen LogP contribution in [0.3, 0.4) is 0 Å². The highest BCUT2D eigenvalue weighted by molar-refractivity contribution is 7.99. The molecule has 1 unspecified atom stereocenters. The van der Waals surface area contributed by atoms with Gasteiger partial charge in [-0.1, -0.05) is 11.6 Å². The number of nitrogens with zero attached hydrogens (tertiary/aromatic N) is 2. The molecule has 0 aliphatic carbocycles.